The minimum atomic E-state index is 0.117. The summed E-state index contributed by atoms with van der Waals surface area (Å²) in [4.78, 5) is 15.2. The van der Waals surface area contributed by atoms with E-state index in [0.29, 0.717) is 22.0 Å². The summed E-state index contributed by atoms with van der Waals surface area (Å²) in [6.07, 6.45) is 8.93. The Balaban J connectivity index is 1.48. The van der Waals surface area contributed by atoms with Gasteiger partial charge in [-0.1, -0.05) is 41.4 Å². The maximum Gasteiger partial charge on any atom is 0.254 e. The Morgan fingerprint density at radius 2 is 1.97 bits per heavy atom. The van der Waals surface area contributed by atoms with E-state index in [9.17, 15) is 4.79 Å². The van der Waals surface area contributed by atoms with E-state index in [1.54, 1.807) is 0 Å². The molecule has 1 aliphatic carbocycles. The van der Waals surface area contributed by atoms with Crippen LogP contribution >= 0.6 is 23.2 Å². The Hall–Kier alpha value is -1.97. The van der Waals surface area contributed by atoms with Crippen molar-refractivity contribution in [3.05, 3.63) is 75.3 Å². The zero-order chi connectivity index (χ0) is 20.8. The van der Waals surface area contributed by atoms with Gasteiger partial charge in [0.1, 0.15) is 0 Å². The first-order valence-corrected chi connectivity index (χ1v) is 11.6. The van der Waals surface area contributed by atoms with Crippen LogP contribution < -0.4 is 5.32 Å². The summed E-state index contributed by atoms with van der Waals surface area (Å²) in [5.41, 5.74) is 4.17. The number of rotatable bonds is 2. The summed E-state index contributed by atoms with van der Waals surface area (Å²) >= 11 is 12.7. The minimum Gasteiger partial charge on any atom is -0.378 e. The highest BCUT2D eigenvalue weighted by molar-refractivity contribution is 6.35. The molecule has 5 rings (SSSR count). The summed E-state index contributed by atoms with van der Waals surface area (Å²) < 4.78 is 0. The third kappa shape index (κ3) is 3.42. The minimum absolute atomic E-state index is 0.117. The third-order valence-corrected chi connectivity index (χ3v) is 7.53. The third-order valence-electron chi connectivity index (χ3n) is 6.97. The molecule has 0 spiro atoms. The lowest BCUT2D eigenvalue weighted by Gasteiger charge is -2.38. The number of likely N-dealkylation sites (tertiary alicyclic amines) is 1. The highest BCUT2D eigenvalue weighted by Crippen LogP contribution is 2.51. The number of hydrogen-bond donors (Lipinski definition) is 1. The van der Waals surface area contributed by atoms with Crippen LogP contribution in [0.3, 0.4) is 0 Å². The Bertz CT molecular complexity index is 1020. The number of nitrogens with zero attached hydrogens (tertiary/aromatic N) is 1. The lowest BCUT2D eigenvalue weighted by atomic mass is 9.76. The van der Waals surface area contributed by atoms with Gasteiger partial charge in [-0.25, -0.2) is 0 Å². The van der Waals surface area contributed by atoms with Crippen molar-refractivity contribution in [1.82, 2.24) is 4.90 Å². The highest BCUT2D eigenvalue weighted by Gasteiger charge is 2.39. The van der Waals surface area contributed by atoms with Gasteiger partial charge in [-0.15, -0.1) is 0 Å². The number of carbonyl (C=O) groups is 1. The van der Waals surface area contributed by atoms with Crippen molar-refractivity contribution in [2.24, 2.45) is 5.92 Å². The van der Waals surface area contributed by atoms with Gasteiger partial charge in [0.05, 0.1) is 6.04 Å². The van der Waals surface area contributed by atoms with Crippen molar-refractivity contribution in [2.75, 3.05) is 11.9 Å². The Kier molecular flexibility index (Phi) is 5.28. The normalized spacial score (nSPS) is 27.4. The SMILES string of the molecule is CC1CCCCN1C(=O)c1ccc2c(c1)C1C=CCC1C(c1ccc(Cl)cc1Cl)N2. The molecule has 1 amide bonds. The molecule has 0 bridgehead atoms. The first-order valence-electron chi connectivity index (χ1n) is 10.9. The second kappa shape index (κ2) is 7.94. The number of allylic oxidation sites excluding steroid dienone is 2. The Labute approximate surface area is 188 Å². The number of fused-ring (bicyclic) bond motifs is 3. The van der Waals surface area contributed by atoms with Gasteiger partial charge < -0.3 is 10.2 Å². The van der Waals surface area contributed by atoms with Crippen LogP contribution in [-0.2, 0) is 0 Å². The second-order valence-corrected chi connectivity index (χ2v) is 9.63. The number of piperidine rings is 1. The van der Waals surface area contributed by atoms with E-state index in [0.717, 1.165) is 42.6 Å². The van der Waals surface area contributed by atoms with E-state index in [4.69, 9.17) is 23.2 Å². The molecule has 0 aromatic heterocycles. The maximum absolute atomic E-state index is 13.2. The fraction of sp³-hybridized carbons (Fsp3) is 0.400. The number of anilines is 1. The van der Waals surface area contributed by atoms with E-state index in [1.165, 1.54) is 12.0 Å². The molecule has 4 unspecified atom stereocenters. The van der Waals surface area contributed by atoms with E-state index in [1.807, 2.05) is 29.2 Å². The smallest absolute Gasteiger partial charge is 0.254 e. The number of halogens is 2. The number of hydrogen-bond acceptors (Lipinski definition) is 2. The van der Waals surface area contributed by atoms with E-state index in [2.05, 4.69) is 36.5 Å². The highest BCUT2D eigenvalue weighted by atomic mass is 35.5. The van der Waals surface area contributed by atoms with Crippen molar-refractivity contribution in [2.45, 2.75) is 50.6 Å². The van der Waals surface area contributed by atoms with Gasteiger partial charge in [0.2, 0.25) is 0 Å². The molecule has 1 saturated heterocycles. The van der Waals surface area contributed by atoms with Crippen LogP contribution in [-0.4, -0.2) is 23.4 Å². The predicted molar refractivity (Wildman–Crippen MR) is 124 cm³/mol. The molecule has 2 aliphatic heterocycles. The van der Waals surface area contributed by atoms with Gasteiger partial charge in [-0.2, -0.15) is 0 Å². The molecule has 2 heterocycles. The molecule has 3 aliphatic rings. The summed E-state index contributed by atoms with van der Waals surface area (Å²) in [5, 5.41) is 5.05. The topological polar surface area (TPSA) is 32.3 Å². The van der Waals surface area contributed by atoms with Crippen LogP contribution in [0.25, 0.3) is 0 Å². The number of amides is 1. The van der Waals surface area contributed by atoms with Crippen molar-refractivity contribution >= 4 is 34.8 Å². The molecule has 0 radical (unpaired) electrons. The summed E-state index contributed by atoms with van der Waals surface area (Å²) in [6, 6.07) is 12.3. The van der Waals surface area contributed by atoms with Crippen molar-refractivity contribution in [3.8, 4) is 0 Å². The second-order valence-electron chi connectivity index (χ2n) is 8.79. The van der Waals surface area contributed by atoms with Gasteiger partial charge in [0, 0.05) is 39.8 Å². The molecule has 30 heavy (non-hydrogen) atoms. The zero-order valence-corrected chi connectivity index (χ0v) is 18.6. The lowest BCUT2D eigenvalue weighted by Crippen LogP contribution is -2.42. The first kappa shape index (κ1) is 20.0. The summed E-state index contributed by atoms with van der Waals surface area (Å²) in [5.74, 6) is 0.811. The first-order chi connectivity index (χ1) is 14.5. The zero-order valence-electron chi connectivity index (χ0n) is 17.1. The lowest BCUT2D eigenvalue weighted by molar-refractivity contribution is 0.0635. The molecule has 1 fully saturated rings. The molecule has 5 heteroatoms. The Morgan fingerprint density at radius 3 is 2.77 bits per heavy atom. The number of nitrogens with one attached hydrogen (secondary N) is 1. The van der Waals surface area contributed by atoms with Gasteiger partial charge in [0.25, 0.3) is 5.91 Å². The Morgan fingerprint density at radius 1 is 1.10 bits per heavy atom. The fourth-order valence-electron chi connectivity index (χ4n) is 5.35. The van der Waals surface area contributed by atoms with E-state index >= 15 is 0 Å². The molecule has 156 valence electrons. The summed E-state index contributed by atoms with van der Waals surface area (Å²) in [6.45, 7) is 3.02. The largest absolute Gasteiger partial charge is 0.378 e. The van der Waals surface area contributed by atoms with Gasteiger partial charge in [0.15, 0.2) is 0 Å². The molecule has 4 atom stereocenters. The van der Waals surface area contributed by atoms with Crippen LogP contribution in [0.5, 0.6) is 0 Å². The molecule has 0 saturated carbocycles. The predicted octanol–water partition coefficient (Wildman–Crippen LogP) is 6.83. The van der Waals surface area contributed by atoms with Gasteiger partial charge in [-0.3, -0.25) is 4.79 Å². The number of benzene rings is 2. The summed E-state index contributed by atoms with van der Waals surface area (Å²) in [7, 11) is 0. The number of carbonyl (C=O) groups excluding carboxylic acids is 1. The van der Waals surface area contributed by atoms with E-state index < -0.39 is 0 Å². The standard InChI is InChI=1S/C25H26Cl2N2O/c1-15-5-2-3-12-29(15)25(30)16-8-11-23-21(13-16)18-6-4-7-19(18)24(28-23)20-10-9-17(26)14-22(20)27/h4,6,8-11,13-15,18-19,24,28H,2-3,5,7,12H2,1H3. The van der Waals surface area contributed by atoms with Crippen LogP contribution in [0.2, 0.25) is 10.0 Å². The molecule has 2 aromatic carbocycles. The molecule has 1 N–H and O–H groups in total. The monoisotopic (exact) mass is 440 g/mol. The van der Waals surface area contributed by atoms with E-state index in [-0.39, 0.29) is 17.9 Å². The van der Waals surface area contributed by atoms with Gasteiger partial charge >= 0.3 is 0 Å². The maximum atomic E-state index is 13.2. The molecule has 2 aromatic rings. The fourth-order valence-corrected chi connectivity index (χ4v) is 5.88. The van der Waals surface area contributed by atoms with Crippen LogP contribution in [0.1, 0.15) is 66.1 Å². The van der Waals surface area contributed by atoms with Gasteiger partial charge in [-0.05, 0) is 80.0 Å². The van der Waals surface area contributed by atoms with Crippen LogP contribution in [0.4, 0.5) is 5.69 Å². The van der Waals surface area contributed by atoms with Crippen molar-refractivity contribution in [1.29, 1.82) is 0 Å². The molecular formula is C25H26Cl2N2O. The molecular weight excluding hydrogens is 415 g/mol. The molecule has 3 nitrogen and oxygen atoms in total. The quantitative estimate of drug-likeness (QED) is 0.518. The van der Waals surface area contributed by atoms with Crippen molar-refractivity contribution < 1.29 is 4.79 Å². The average Bonchev–Trinajstić information content (AvgIpc) is 3.23. The van der Waals surface area contributed by atoms with Crippen LogP contribution in [0, 0.1) is 5.92 Å². The van der Waals surface area contributed by atoms with Crippen LogP contribution in [0.15, 0.2) is 48.6 Å². The van der Waals surface area contributed by atoms with Crippen molar-refractivity contribution in [3.63, 3.8) is 0 Å². The average molecular weight is 441 g/mol.